The van der Waals surface area contributed by atoms with Gasteiger partial charge >= 0.3 is 0 Å². The molecule has 0 radical (unpaired) electrons. The Morgan fingerprint density at radius 2 is 1.96 bits per heavy atom. The van der Waals surface area contributed by atoms with E-state index in [9.17, 15) is 9.90 Å². The van der Waals surface area contributed by atoms with Crippen LogP contribution < -0.4 is 14.9 Å². The molecule has 24 heavy (non-hydrogen) atoms. The summed E-state index contributed by atoms with van der Waals surface area (Å²) in [6.07, 6.45) is 1.68. The monoisotopic (exact) mass is 392 g/mol. The molecule has 2 rings (SSSR count). The Morgan fingerprint density at radius 1 is 1.25 bits per heavy atom. The SMILES string of the molecule is COc1ccc(CC(=O)N/N=C\c2cc(Br)c(O)c(OC)c2)cc1. The Labute approximate surface area is 148 Å². The lowest BCUT2D eigenvalue weighted by molar-refractivity contribution is -0.120. The minimum atomic E-state index is -0.235. The van der Waals surface area contributed by atoms with Crippen LogP contribution in [-0.4, -0.2) is 31.4 Å². The van der Waals surface area contributed by atoms with E-state index >= 15 is 0 Å². The molecule has 0 heterocycles. The first-order valence-corrected chi connectivity index (χ1v) is 7.84. The number of halogens is 1. The van der Waals surface area contributed by atoms with Gasteiger partial charge in [-0.2, -0.15) is 5.10 Å². The fourth-order valence-electron chi connectivity index (χ4n) is 1.97. The molecule has 0 aliphatic rings. The average molecular weight is 393 g/mol. The number of carbonyl (C=O) groups is 1. The molecule has 0 atom stereocenters. The highest BCUT2D eigenvalue weighted by Crippen LogP contribution is 2.34. The number of aromatic hydroxyl groups is 1. The average Bonchev–Trinajstić information content (AvgIpc) is 2.58. The van der Waals surface area contributed by atoms with Gasteiger partial charge in [-0.1, -0.05) is 12.1 Å². The number of hydrogen-bond donors (Lipinski definition) is 2. The van der Waals surface area contributed by atoms with Crippen LogP contribution in [0.15, 0.2) is 46.0 Å². The van der Waals surface area contributed by atoms with E-state index in [0.29, 0.717) is 15.8 Å². The highest BCUT2D eigenvalue weighted by Gasteiger charge is 2.07. The van der Waals surface area contributed by atoms with Gasteiger partial charge in [-0.15, -0.1) is 0 Å². The van der Waals surface area contributed by atoms with Gasteiger partial charge in [0.1, 0.15) is 5.75 Å². The van der Waals surface area contributed by atoms with E-state index in [2.05, 4.69) is 26.5 Å². The van der Waals surface area contributed by atoms with Gasteiger partial charge in [0.15, 0.2) is 11.5 Å². The number of nitrogens with one attached hydrogen (secondary N) is 1. The van der Waals surface area contributed by atoms with Crippen LogP contribution in [0.25, 0.3) is 0 Å². The third-order valence-corrected chi connectivity index (χ3v) is 3.80. The maximum absolute atomic E-state index is 11.9. The number of phenols is 1. The fraction of sp³-hybridized carbons (Fsp3) is 0.176. The third kappa shape index (κ3) is 4.73. The molecule has 0 saturated heterocycles. The first-order valence-electron chi connectivity index (χ1n) is 7.05. The Kier molecular flexibility index (Phi) is 6.20. The molecule has 2 aromatic rings. The molecule has 0 aliphatic carbocycles. The summed E-state index contributed by atoms with van der Waals surface area (Å²) in [6, 6.07) is 10.5. The van der Waals surface area contributed by atoms with Crippen molar-refractivity contribution < 1.29 is 19.4 Å². The van der Waals surface area contributed by atoms with Gasteiger partial charge in [-0.05, 0) is 51.3 Å². The van der Waals surface area contributed by atoms with E-state index in [1.54, 1.807) is 31.4 Å². The predicted octanol–water partition coefficient (Wildman–Crippen LogP) is 2.86. The smallest absolute Gasteiger partial charge is 0.244 e. The van der Waals surface area contributed by atoms with Crippen LogP contribution in [0.5, 0.6) is 17.2 Å². The summed E-state index contributed by atoms with van der Waals surface area (Å²) >= 11 is 3.23. The van der Waals surface area contributed by atoms with E-state index in [-0.39, 0.29) is 18.1 Å². The van der Waals surface area contributed by atoms with Crippen LogP contribution in [0, 0.1) is 0 Å². The summed E-state index contributed by atoms with van der Waals surface area (Å²) in [5, 5.41) is 13.7. The zero-order chi connectivity index (χ0) is 17.5. The molecule has 0 spiro atoms. The van der Waals surface area contributed by atoms with Crippen molar-refractivity contribution in [1.82, 2.24) is 5.43 Å². The topological polar surface area (TPSA) is 80.2 Å². The summed E-state index contributed by atoms with van der Waals surface area (Å²) < 4.78 is 10.6. The van der Waals surface area contributed by atoms with Crippen molar-refractivity contribution >= 4 is 28.1 Å². The van der Waals surface area contributed by atoms with E-state index in [1.165, 1.54) is 13.3 Å². The second kappa shape index (κ2) is 8.35. The summed E-state index contributed by atoms with van der Waals surface area (Å²) in [6.45, 7) is 0. The molecule has 7 heteroatoms. The maximum atomic E-state index is 11.9. The molecule has 1 amide bonds. The number of hydrazone groups is 1. The molecule has 2 N–H and O–H groups in total. The minimum Gasteiger partial charge on any atom is -0.503 e. The Morgan fingerprint density at radius 3 is 2.58 bits per heavy atom. The van der Waals surface area contributed by atoms with Gasteiger partial charge in [0.05, 0.1) is 31.3 Å². The highest BCUT2D eigenvalue weighted by atomic mass is 79.9. The highest BCUT2D eigenvalue weighted by molar-refractivity contribution is 9.10. The molecule has 0 bridgehead atoms. The number of rotatable bonds is 6. The summed E-state index contributed by atoms with van der Waals surface area (Å²) in [4.78, 5) is 11.9. The van der Waals surface area contributed by atoms with Gasteiger partial charge in [0.2, 0.25) is 5.91 Å². The van der Waals surface area contributed by atoms with Crippen molar-refractivity contribution in [2.45, 2.75) is 6.42 Å². The molecule has 0 aromatic heterocycles. The van der Waals surface area contributed by atoms with Crippen molar-refractivity contribution in [2.75, 3.05) is 14.2 Å². The third-order valence-electron chi connectivity index (χ3n) is 3.20. The molecular weight excluding hydrogens is 376 g/mol. The van der Waals surface area contributed by atoms with Gasteiger partial charge in [0, 0.05) is 0 Å². The first-order chi connectivity index (χ1) is 11.5. The number of ether oxygens (including phenoxy) is 2. The molecule has 0 saturated carbocycles. The minimum absolute atomic E-state index is 0.0122. The number of nitrogens with zero attached hydrogens (tertiary/aromatic N) is 1. The van der Waals surface area contributed by atoms with Crippen molar-refractivity contribution in [3.05, 3.63) is 52.0 Å². The number of phenolic OH excluding ortho intramolecular Hbond substituents is 1. The van der Waals surface area contributed by atoms with Gasteiger partial charge < -0.3 is 14.6 Å². The molecule has 0 fully saturated rings. The van der Waals surface area contributed by atoms with Crippen LogP contribution >= 0.6 is 15.9 Å². The fourth-order valence-corrected chi connectivity index (χ4v) is 2.43. The van der Waals surface area contributed by atoms with E-state index in [1.807, 2.05) is 12.1 Å². The second-order valence-corrected chi connectivity index (χ2v) is 5.73. The van der Waals surface area contributed by atoms with Crippen molar-refractivity contribution in [3.63, 3.8) is 0 Å². The van der Waals surface area contributed by atoms with E-state index in [0.717, 1.165) is 11.3 Å². The lowest BCUT2D eigenvalue weighted by Gasteiger charge is -2.06. The van der Waals surface area contributed by atoms with Crippen molar-refractivity contribution in [1.29, 1.82) is 0 Å². The second-order valence-electron chi connectivity index (χ2n) is 4.87. The lowest BCUT2D eigenvalue weighted by Crippen LogP contribution is -2.19. The molecule has 126 valence electrons. The number of hydrogen-bond acceptors (Lipinski definition) is 5. The Balaban J connectivity index is 1.95. The maximum Gasteiger partial charge on any atom is 0.244 e. The van der Waals surface area contributed by atoms with Gasteiger partial charge in [-0.25, -0.2) is 5.43 Å². The largest absolute Gasteiger partial charge is 0.503 e. The molecule has 0 aliphatic heterocycles. The number of amides is 1. The lowest BCUT2D eigenvalue weighted by atomic mass is 10.1. The van der Waals surface area contributed by atoms with Crippen LogP contribution in [0.2, 0.25) is 0 Å². The molecular formula is C17H17BrN2O4. The van der Waals surface area contributed by atoms with Gasteiger partial charge in [-0.3, -0.25) is 4.79 Å². The molecule has 6 nitrogen and oxygen atoms in total. The van der Waals surface area contributed by atoms with Gasteiger partial charge in [0.25, 0.3) is 0 Å². The number of methoxy groups -OCH3 is 2. The van der Waals surface area contributed by atoms with Crippen LogP contribution in [0.1, 0.15) is 11.1 Å². The Bertz CT molecular complexity index is 745. The van der Waals surface area contributed by atoms with Crippen LogP contribution in [0.3, 0.4) is 0 Å². The number of benzene rings is 2. The Hall–Kier alpha value is -2.54. The predicted molar refractivity (Wildman–Crippen MR) is 94.8 cm³/mol. The van der Waals surface area contributed by atoms with E-state index in [4.69, 9.17) is 9.47 Å². The van der Waals surface area contributed by atoms with E-state index < -0.39 is 0 Å². The van der Waals surface area contributed by atoms with Crippen molar-refractivity contribution in [2.24, 2.45) is 5.10 Å². The first kappa shape index (κ1) is 17.8. The molecule has 2 aromatic carbocycles. The quantitative estimate of drug-likeness (QED) is 0.584. The number of carbonyl (C=O) groups excluding carboxylic acids is 1. The standard InChI is InChI=1S/C17H17BrN2O4/c1-23-13-5-3-11(4-6-13)9-16(21)20-19-10-12-7-14(18)17(22)15(8-12)24-2/h3-8,10,22H,9H2,1-2H3,(H,20,21)/b19-10-. The zero-order valence-electron chi connectivity index (χ0n) is 13.2. The molecule has 0 unspecified atom stereocenters. The van der Waals surface area contributed by atoms with Crippen molar-refractivity contribution in [3.8, 4) is 17.2 Å². The normalized spacial score (nSPS) is 10.6. The summed E-state index contributed by atoms with van der Waals surface area (Å²) in [5.74, 6) is 0.832. The summed E-state index contributed by atoms with van der Waals surface area (Å²) in [5.41, 5.74) is 3.99. The summed E-state index contributed by atoms with van der Waals surface area (Å²) in [7, 11) is 3.05. The van der Waals surface area contributed by atoms with Crippen LogP contribution in [0.4, 0.5) is 0 Å². The zero-order valence-corrected chi connectivity index (χ0v) is 14.8. The van der Waals surface area contributed by atoms with Crippen LogP contribution in [-0.2, 0) is 11.2 Å².